The normalized spacial score (nSPS) is 12.0. The first-order valence-electron chi connectivity index (χ1n) is 7.91. The lowest BCUT2D eigenvalue weighted by atomic mass is 9.90. The standard InChI is InChI=1S/C22H18F2/c23-22(24)21(19-14-8-3-9-15-19)16-20(17-10-4-1-5-11-17)18-12-6-2-7-13-18/h1-16,21-22H. The molecule has 0 nitrogen and oxygen atoms in total. The molecule has 1 atom stereocenters. The number of benzene rings is 3. The van der Waals surface area contributed by atoms with Crippen molar-refractivity contribution in [3.63, 3.8) is 0 Å². The molecule has 0 aromatic heterocycles. The lowest BCUT2D eigenvalue weighted by Crippen LogP contribution is -2.07. The predicted octanol–water partition coefficient (Wildman–Crippen LogP) is 6.17. The Hall–Kier alpha value is -2.74. The molecule has 120 valence electrons. The molecule has 0 amide bonds. The molecule has 0 aliphatic carbocycles. The topological polar surface area (TPSA) is 0 Å². The first-order chi connectivity index (χ1) is 11.8. The summed E-state index contributed by atoms with van der Waals surface area (Å²) in [7, 11) is 0. The minimum absolute atomic E-state index is 0.622. The fourth-order valence-electron chi connectivity index (χ4n) is 2.76. The van der Waals surface area contributed by atoms with Crippen molar-refractivity contribution in [1.82, 2.24) is 0 Å². The van der Waals surface area contributed by atoms with Crippen molar-refractivity contribution in [1.29, 1.82) is 0 Å². The Labute approximate surface area is 141 Å². The van der Waals surface area contributed by atoms with E-state index in [2.05, 4.69) is 0 Å². The monoisotopic (exact) mass is 320 g/mol. The first-order valence-corrected chi connectivity index (χ1v) is 7.91. The number of allylic oxidation sites excluding steroid dienone is 1. The fraction of sp³-hybridized carbons (Fsp3) is 0.0909. The molecular weight excluding hydrogens is 302 g/mol. The van der Waals surface area contributed by atoms with Crippen LogP contribution in [0.4, 0.5) is 8.78 Å². The van der Waals surface area contributed by atoms with Gasteiger partial charge in [0.1, 0.15) is 0 Å². The van der Waals surface area contributed by atoms with Crippen molar-refractivity contribution in [2.75, 3.05) is 0 Å². The van der Waals surface area contributed by atoms with Gasteiger partial charge in [0.25, 0.3) is 0 Å². The van der Waals surface area contributed by atoms with Gasteiger partial charge in [-0.1, -0.05) is 97.1 Å². The lowest BCUT2D eigenvalue weighted by molar-refractivity contribution is 0.131. The van der Waals surface area contributed by atoms with E-state index in [4.69, 9.17) is 0 Å². The molecule has 0 radical (unpaired) electrons. The first kappa shape index (κ1) is 16.1. The molecule has 0 N–H and O–H groups in total. The average molecular weight is 320 g/mol. The number of hydrogen-bond acceptors (Lipinski definition) is 0. The van der Waals surface area contributed by atoms with Crippen LogP contribution in [0.15, 0.2) is 97.1 Å². The highest BCUT2D eigenvalue weighted by atomic mass is 19.3. The Kier molecular flexibility index (Phi) is 5.17. The van der Waals surface area contributed by atoms with Crippen LogP contribution in [0.1, 0.15) is 22.6 Å². The van der Waals surface area contributed by atoms with Crippen LogP contribution < -0.4 is 0 Å². The number of hydrogen-bond donors (Lipinski definition) is 0. The molecule has 0 aliphatic heterocycles. The van der Waals surface area contributed by atoms with Crippen LogP contribution in [-0.2, 0) is 0 Å². The highest BCUT2D eigenvalue weighted by molar-refractivity contribution is 5.80. The fourth-order valence-corrected chi connectivity index (χ4v) is 2.76. The molecule has 3 rings (SSSR count). The SMILES string of the molecule is FC(F)C(C=C(c1ccccc1)c1ccccc1)c1ccccc1. The van der Waals surface area contributed by atoms with E-state index in [-0.39, 0.29) is 0 Å². The maximum absolute atomic E-state index is 13.7. The van der Waals surface area contributed by atoms with Gasteiger partial charge < -0.3 is 0 Å². The quantitative estimate of drug-likeness (QED) is 0.527. The molecule has 0 bridgehead atoms. The van der Waals surface area contributed by atoms with Crippen molar-refractivity contribution in [2.24, 2.45) is 0 Å². The summed E-state index contributed by atoms with van der Waals surface area (Å²) in [6.07, 6.45) is -0.778. The Morgan fingerprint density at radius 2 is 1.04 bits per heavy atom. The summed E-state index contributed by atoms with van der Waals surface area (Å²) in [6, 6.07) is 28.3. The number of alkyl halides is 2. The second-order valence-corrected chi connectivity index (χ2v) is 5.58. The van der Waals surface area contributed by atoms with Gasteiger partial charge in [-0.15, -0.1) is 0 Å². The molecule has 2 heteroatoms. The van der Waals surface area contributed by atoms with Crippen LogP contribution in [0.25, 0.3) is 5.57 Å². The summed E-state index contributed by atoms with van der Waals surface area (Å²) in [6.45, 7) is 0. The van der Waals surface area contributed by atoms with Gasteiger partial charge in [-0.2, -0.15) is 0 Å². The van der Waals surface area contributed by atoms with Crippen LogP contribution in [0, 0.1) is 0 Å². The van der Waals surface area contributed by atoms with Crippen LogP contribution in [0.3, 0.4) is 0 Å². The Morgan fingerprint density at radius 3 is 1.46 bits per heavy atom. The minimum atomic E-state index is -2.46. The van der Waals surface area contributed by atoms with E-state index >= 15 is 0 Å². The molecule has 0 heterocycles. The Bertz CT molecular complexity index is 736. The van der Waals surface area contributed by atoms with Crippen molar-refractivity contribution < 1.29 is 8.78 Å². The molecule has 3 aromatic carbocycles. The Morgan fingerprint density at radius 1 is 0.625 bits per heavy atom. The second kappa shape index (κ2) is 7.69. The third kappa shape index (κ3) is 3.77. The van der Waals surface area contributed by atoms with E-state index in [0.717, 1.165) is 16.7 Å². The minimum Gasteiger partial charge on any atom is -0.209 e. The van der Waals surface area contributed by atoms with Gasteiger partial charge in [-0.25, -0.2) is 8.78 Å². The van der Waals surface area contributed by atoms with Crippen LogP contribution >= 0.6 is 0 Å². The van der Waals surface area contributed by atoms with Gasteiger partial charge >= 0.3 is 0 Å². The van der Waals surface area contributed by atoms with E-state index in [9.17, 15) is 8.78 Å². The van der Waals surface area contributed by atoms with E-state index < -0.39 is 12.3 Å². The number of rotatable bonds is 5. The van der Waals surface area contributed by atoms with Gasteiger partial charge in [0.05, 0.1) is 5.92 Å². The summed E-state index contributed by atoms with van der Waals surface area (Å²) >= 11 is 0. The molecule has 0 aliphatic rings. The highest BCUT2D eigenvalue weighted by Gasteiger charge is 2.21. The zero-order valence-electron chi connectivity index (χ0n) is 13.1. The third-order valence-corrected chi connectivity index (χ3v) is 3.97. The molecule has 0 saturated carbocycles. The van der Waals surface area contributed by atoms with Crippen LogP contribution in [0.2, 0.25) is 0 Å². The summed E-state index contributed by atoms with van der Waals surface area (Å²) < 4.78 is 27.5. The van der Waals surface area contributed by atoms with E-state index in [1.165, 1.54) is 0 Å². The van der Waals surface area contributed by atoms with E-state index in [1.54, 1.807) is 30.3 Å². The van der Waals surface area contributed by atoms with Crippen LogP contribution in [-0.4, -0.2) is 6.43 Å². The van der Waals surface area contributed by atoms with Gasteiger partial charge in [0.15, 0.2) is 0 Å². The lowest BCUT2D eigenvalue weighted by Gasteiger charge is -2.16. The molecule has 1 unspecified atom stereocenters. The predicted molar refractivity (Wildman–Crippen MR) is 95.2 cm³/mol. The van der Waals surface area contributed by atoms with Crippen molar-refractivity contribution in [3.05, 3.63) is 114 Å². The third-order valence-electron chi connectivity index (χ3n) is 3.97. The van der Waals surface area contributed by atoms with E-state index in [0.29, 0.717) is 5.56 Å². The van der Waals surface area contributed by atoms with Crippen LogP contribution in [0.5, 0.6) is 0 Å². The summed E-state index contributed by atoms with van der Waals surface area (Å²) in [4.78, 5) is 0. The molecule has 24 heavy (non-hydrogen) atoms. The zero-order chi connectivity index (χ0) is 16.8. The molecular formula is C22H18F2. The van der Waals surface area contributed by atoms with Crippen molar-refractivity contribution >= 4 is 5.57 Å². The molecule has 0 spiro atoms. The van der Waals surface area contributed by atoms with Crippen molar-refractivity contribution in [3.8, 4) is 0 Å². The van der Waals surface area contributed by atoms with Gasteiger partial charge in [0.2, 0.25) is 6.43 Å². The molecule has 0 fully saturated rings. The summed E-state index contributed by atoms with van der Waals surface area (Å²) in [5.74, 6) is -0.943. The largest absolute Gasteiger partial charge is 0.248 e. The van der Waals surface area contributed by atoms with Gasteiger partial charge in [-0.05, 0) is 22.3 Å². The maximum Gasteiger partial charge on any atom is 0.248 e. The second-order valence-electron chi connectivity index (χ2n) is 5.58. The van der Waals surface area contributed by atoms with E-state index in [1.807, 2.05) is 66.7 Å². The maximum atomic E-state index is 13.7. The highest BCUT2D eigenvalue weighted by Crippen LogP contribution is 2.32. The van der Waals surface area contributed by atoms with Gasteiger partial charge in [0, 0.05) is 0 Å². The molecule has 3 aromatic rings. The average Bonchev–Trinajstić information content (AvgIpc) is 2.64. The Balaban J connectivity index is 2.11. The van der Waals surface area contributed by atoms with Crippen molar-refractivity contribution in [2.45, 2.75) is 12.3 Å². The zero-order valence-corrected chi connectivity index (χ0v) is 13.1. The smallest absolute Gasteiger partial charge is 0.209 e. The number of halogens is 2. The van der Waals surface area contributed by atoms with Gasteiger partial charge in [-0.3, -0.25) is 0 Å². The summed E-state index contributed by atoms with van der Waals surface area (Å²) in [5.41, 5.74) is 3.32. The summed E-state index contributed by atoms with van der Waals surface area (Å²) in [5, 5.41) is 0. The molecule has 0 saturated heterocycles.